The van der Waals surface area contributed by atoms with E-state index in [2.05, 4.69) is 0 Å². The van der Waals surface area contributed by atoms with Crippen LogP contribution in [0.1, 0.15) is 10.4 Å². The van der Waals surface area contributed by atoms with Gasteiger partial charge >= 0.3 is 5.97 Å². The van der Waals surface area contributed by atoms with Crippen molar-refractivity contribution in [3.8, 4) is 0 Å². The number of carboxylic acid groups (broad SMARTS) is 1. The van der Waals surface area contributed by atoms with E-state index in [1.54, 1.807) is 0 Å². The first-order valence-electron chi connectivity index (χ1n) is 4.65. The number of carboxylic acids is 1. The van der Waals surface area contributed by atoms with Crippen LogP contribution in [0.25, 0.3) is 0 Å². The Hall–Kier alpha value is -2.15. The van der Waals surface area contributed by atoms with E-state index in [-0.39, 0.29) is 11.3 Å². The Morgan fingerprint density at radius 1 is 1.47 bits per heavy atom. The Morgan fingerprint density at radius 3 is 2.59 bits per heavy atom. The summed E-state index contributed by atoms with van der Waals surface area (Å²) in [5.41, 5.74) is 5.04. The van der Waals surface area contributed by atoms with Gasteiger partial charge in [-0.25, -0.2) is 9.18 Å². The van der Waals surface area contributed by atoms with Gasteiger partial charge in [0.2, 0.25) is 0 Å². The Kier molecular flexibility index (Phi) is 4.00. The lowest BCUT2D eigenvalue weighted by Gasteiger charge is -2.11. The number of anilines is 1. The van der Waals surface area contributed by atoms with Crippen LogP contribution in [-0.2, 0) is 4.79 Å². The molecule has 0 aliphatic rings. The number of benzene rings is 1. The zero-order chi connectivity index (χ0) is 13.0. The largest absolute Gasteiger partial charge is 0.480 e. The van der Waals surface area contributed by atoms with E-state index in [9.17, 15) is 14.0 Å². The minimum Gasteiger partial charge on any atom is -0.480 e. The molecule has 6 nitrogen and oxygen atoms in total. The average Bonchev–Trinajstić information content (AvgIpc) is 2.28. The zero-order valence-corrected chi connectivity index (χ0v) is 8.68. The number of amides is 1. The van der Waals surface area contributed by atoms with Crippen LogP contribution in [0.5, 0.6) is 0 Å². The molecule has 92 valence electrons. The predicted molar refractivity (Wildman–Crippen MR) is 56.8 cm³/mol. The molecular formula is C10H11FN2O4. The number of carbonyl (C=O) groups is 2. The number of hydrogen-bond donors (Lipinski definition) is 4. The maximum atomic E-state index is 13.0. The van der Waals surface area contributed by atoms with Crippen molar-refractivity contribution in [2.24, 2.45) is 0 Å². The third-order valence-electron chi connectivity index (χ3n) is 2.05. The number of aliphatic hydroxyl groups excluding tert-OH is 1. The Bertz CT molecular complexity index is 450. The molecule has 1 rings (SSSR count). The molecule has 1 aromatic rings. The summed E-state index contributed by atoms with van der Waals surface area (Å²) < 4.78 is 13.0. The van der Waals surface area contributed by atoms with Crippen LogP contribution in [0, 0.1) is 5.82 Å². The monoisotopic (exact) mass is 242 g/mol. The van der Waals surface area contributed by atoms with E-state index in [1.165, 1.54) is 12.1 Å². The van der Waals surface area contributed by atoms with E-state index >= 15 is 0 Å². The number of halogens is 1. The lowest BCUT2D eigenvalue weighted by molar-refractivity contribution is -0.140. The second-order valence-corrected chi connectivity index (χ2v) is 3.28. The topological polar surface area (TPSA) is 113 Å². The summed E-state index contributed by atoms with van der Waals surface area (Å²) in [4.78, 5) is 22.0. The molecule has 0 saturated carbocycles. The first-order chi connectivity index (χ1) is 7.95. The van der Waals surface area contributed by atoms with Gasteiger partial charge in [0, 0.05) is 5.56 Å². The molecule has 0 saturated heterocycles. The number of nitrogens with one attached hydrogen (secondary N) is 1. The maximum absolute atomic E-state index is 13.0. The standard InChI is InChI=1S/C10H11FN2O4/c11-6-3-5(1-2-7(6)12)9(15)13-8(4-14)10(16)17/h1-3,8,14H,4,12H2,(H,13,15)(H,16,17). The first-order valence-corrected chi connectivity index (χ1v) is 4.65. The summed E-state index contributed by atoms with van der Waals surface area (Å²) in [5.74, 6) is -2.95. The van der Waals surface area contributed by atoms with Crippen LogP contribution in [0.15, 0.2) is 18.2 Å². The van der Waals surface area contributed by atoms with Gasteiger partial charge in [0.1, 0.15) is 5.82 Å². The van der Waals surface area contributed by atoms with Gasteiger partial charge in [-0.15, -0.1) is 0 Å². The van der Waals surface area contributed by atoms with Crippen LogP contribution >= 0.6 is 0 Å². The van der Waals surface area contributed by atoms with Gasteiger partial charge in [-0.05, 0) is 18.2 Å². The van der Waals surface area contributed by atoms with Gasteiger partial charge in [0.05, 0.1) is 12.3 Å². The van der Waals surface area contributed by atoms with Crippen LogP contribution < -0.4 is 11.1 Å². The molecule has 5 N–H and O–H groups in total. The average molecular weight is 242 g/mol. The summed E-state index contributed by atoms with van der Waals surface area (Å²) in [5, 5.41) is 19.3. The number of aliphatic carboxylic acids is 1. The summed E-state index contributed by atoms with van der Waals surface area (Å²) in [7, 11) is 0. The van der Waals surface area contributed by atoms with Gasteiger partial charge < -0.3 is 21.3 Å². The van der Waals surface area contributed by atoms with Crippen LogP contribution in [0.2, 0.25) is 0 Å². The zero-order valence-electron chi connectivity index (χ0n) is 8.68. The highest BCUT2D eigenvalue weighted by atomic mass is 19.1. The van der Waals surface area contributed by atoms with Crippen molar-refractivity contribution in [3.63, 3.8) is 0 Å². The summed E-state index contributed by atoms with van der Waals surface area (Å²) >= 11 is 0. The van der Waals surface area contributed by atoms with Gasteiger partial charge in [-0.3, -0.25) is 4.79 Å². The fourth-order valence-electron chi connectivity index (χ4n) is 1.10. The Labute approximate surface area is 95.9 Å². The van der Waals surface area contributed by atoms with Crippen molar-refractivity contribution < 1.29 is 24.2 Å². The van der Waals surface area contributed by atoms with Gasteiger partial charge in [-0.2, -0.15) is 0 Å². The summed E-state index contributed by atoms with van der Waals surface area (Å²) in [6, 6.07) is 1.91. The molecule has 0 aromatic heterocycles. The lowest BCUT2D eigenvalue weighted by atomic mass is 10.1. The number of carbonyl (C=O) groups excluding carboxylic acids is 1. The van der Waals surface area contributed by atoms with E-state index < -0.39 is 30.3 Å². The molecular weight excluding hydrogens is 231 g/mol. The number of nitrogens with two attached hydrogens (primary N) is 1. The predicted octanol–water partition coefficient (Wildman–Crippen LogP) is -0.417. The Morgan fingerprint density at radius 2 is 2.12 bits per heavy atom. The normalized spacial score (nSPS) is 11.9. The third-order valence-corrected chi connectivity index (χ3v) is 2.05. The summed E-state index contributed by atoms with van der Waals surface area (Å²) in [6.45, 7) is -0.751. The second-order valence-electron chi connectivity index (χ2n) is 3.28. The second kappa shape index (κ2) is 5.26. The van der Waals surface area contributed by atoms with Crippen molar-refractivity contribution in [2.75, 3.05) is 12.3 Å². The summed E-state index contributed by atoms with van der Waals surface area (Å²) in [6.07, 6.45) is 0. The molecule has 1 amide bonds. The van der Waals surface area contributed by atoms with Crippen LogP contribution in [-0.4, -0.2) is 34.7 Å². The maximum Gasteiger partial charge on any atom is 0.328 e. The number of rotatable bonds is 4. The van der Waals surface area contributed by atoms with Crippen LogP contribution in [0.3, 0.4) is 0 Å². The minimum absolute atomic E-state index is 0.0728. The van der Waals surface area contributed by atoms with Crippen molar-refractivity contribution >= 4 is 17.6 Å². The molecule has 0 spiro atoms. The van der Waals surface area contributed by atoms with Gasteiger partial charge in [0.25, 0.3) is 5.91 Å². The quantitative estimate of drug-likeness (QED) is 0.536. The number of hydrogen-bond acceptors (Lipinski definition) is 4. The molecule has 1 atom stereocenters. The highest BCUT2D eigenvalue weighted by Crippen LogP contribution is 2.11. The van der Waals surface area contributed by atoms with Gasteiger partial charge in [0.15, 0.2) is 6.04 Å². The van der Waals surface area contributed by atoms with E-state index in [4.69, 9.17) is 15.9 Å². The lowest BCUT2D eigenvalue weighted by Crippen LogP contribution is -2.43. The van der Waals surface area contributed by atoms with Crippen molar-refractivity contribution in [1.82, 2.24) is 5.32 Å². The SMILES string of the molecule is Nc1ccc(C(=O)NC(CO)C(=O)O)cc1F. The molecule has 7 heteroatoms. The molecule has 0 aliphatic carbocycles. The van der Waals surface area contributed by atoms with Crippen molar-refractivity contribution in [3.05, 3.63) is 29.6 Å². The fraction of sp³-hybridized carbons (Fsp3) is 0.200. The molecule has 17 heavy (non-hydrogen) atoms. The molecule has 0 radical (unpaired) electrons. The minimum atomic E-state index is -1.43. The fourth-order valence-corrected chi connectivity index (χ4v) is 1.10. The van der Waals surface area contributed by atoms with Gasteiger partial charge in [-0.1, -0.05) is 0 Å². The van der Waals surface area contributed by atoms with E-state index in [1.807, 2.05) is 5.32 Å². The van der Waals surface area contributed by atoms with E-state index in [0.29, 0.717) is 0 Å². The molecule has 0 bridgehead atoms. The number of nitrogen functional groups attached to an aromatic ring is 1. The molecule has 1 unspecified atom stereocenters. The molecule has 1 aromatic carbocycles. The molecule has 0 aliphatic heterocycles. The Balaban J connectivity index is 2.82. The first kappa shape index (κ1) is 12.9. The van der Waals surface area contributed by atoms with E-state index in [0.717, 1.165) is 6.07 Å². The van der Waals surface area contributed by atoms with Crippen molar-refractivity contribution in [1.29, 1.82) is 0 Å². The smallest absolute Gasteiger partial charge is 0.328 e. The van der Waals surface area contributed by atoms with Crippen LogP contribution in [0.4, 0.5) is 10.1 Å². The molecule has 0 heterocycles. The third kappa shape index (κ3) is 3.15. The highest BCUT2D eigenvalue weighted by Gasteiger charge is 2.19. The highest BCUT2D eigenvalue weighted by molar-refractivity contribution is 5.96. The van der Waals surface area contributed by atoms with Crippen molar-refractivity contribution in [2.45, 2.75) is 6.04 Å². The number of aliphatic hydroxyl groups is 1. The molecule has 0 fully saturated rings.